The van der Waals surface area contributed by atoms with Crippen LogP contribution in [0.1, 0.15) is 116 Å². The summed E-state index contributed by atoms with van der Waals surface area (Å²) >= 11 is 0. The summed E-state index contributed by atoms with van der Waals surface area (Å²) in [5, 5.41) is 9.16. The molecule has 0 fully saturated rings. The molecule has 0 saturated heterocycles. The van der Waals surface area contributed by atoms with Gasteiger partial charge in [-0.1, -0.05) is 85.5 Å². The zero-order valence-electron chi connectivity index (χ0n) is 16.7. The number of aryl methyl sites for hydroxylation is 1. The van der Waals surface area contributed by atoms with Crippen molar-refractivity contribution in [3.63, 3.8) is 0 Å². The third-order valence-corrected chi connectivity index (χ3v) is 5.23. The maximum atomic E-state index is 4.64. The van der Waals surface area contributed by atoms with Gasteiger partial charge >= 0.3 is 0 Å². The van der Waals surface area contributed by atoms with E-state index in [-0.39, 0.29) is 0 Å². The summed E-state index contributed by atoms with van der Waals surface area (Å²) in [5.41, 5.74) is 2.40. The Morgan fingerprint density at radius 2 is 1.38 bits per heavy atom. The van der Waals surface area contributed by atoms with Gasteiger partial charge in [0.2, 0.25) is 0 Å². The third-order valence-electron chi connectivity index (χ3n) is 5.23. The molecule has 2 atom stereocenters. The summed E-state index contributed by atoms with van der Waals surface area (Å²) in [5.74, 6) is 1.30. The van der Waals surface area contributed by atoms with E-state index in [4.69, 9.17) is 0 Å². The van der Waals surface area contributed by atoms with E-state index in [9.17, 15) is 0 Å². The van der Waals surface area contributed by atoms with E-state index in [1.165, 1.54) is 76.3 Å². The van der Waals surface area contributed by atoms with Crippen molar-refractivity contribution < 1.29 is 0 Å². The van der Waals surface area contributed by atoms with Crippen molar-refractivity contribution in [2.45, 2.75) is 111 Å². The van der Waals surface area contributed by atoms with Gasteiger partial charge in [0.1, 0.15) is 0 Å². The van der Waals surface area contributed by atoms with Gasteiger partial charge in [0.05, 0.1) is 11.4 Å². The second kappa shape index (κ2) is 13.4. The summed E-state index contributed by atoms with van der Waals surface area (Å²) in [7, 11) is 0. The molecule has 0 spiro atoms. The van der Waals surface area contributed by atoms with Crippen LogP contribution < -0.4 is 0 Å². The Balaban J connectivity index is 2.66. The second-order valence-corrected chi connectivity index (χ2v) is 7.48. The lowest BCUT2D eigenvalue weighted by molar-refractivity contribution is 0.373. The maximum absolute atomic E-state index is 4.64. The average molecular weight is 333 g/mol. The molecule has 0 aliphatic rings. The molecule has 138 valence electrons. The molecule has 0 radical (unpaired) electrons. The lowest BCUT2D eigenvalue weighted by Crippen LogP contribution is -2.13. The molecule has 0 aliphatic heterocycles. The minimum absolute atomic E-state index is 0.589. The molecular formula is C22H40N2. The van der Waals surface area contributed by atoms with Crippen molar-refractivity contribution in [2.75, 3.05) is 0 Å². The van der Waals surface area contributed by atoms with Crippen molar-refractivity contribution in [3.8, 4) is 0 Å². The highest BCUT2D eigenvalue weighted by Crippen LogP contribution is 2.32. The molecule has 2 heteroatoms. The van der Waals surface area contributed by atoms with Gasteiger partial charge in [-0.2, -0.15) is 10.2 Å². The fourth-order valence-electron chi connectivity index (χ4n) is 3.51. The quantitative estimate of drug-likeness (QED) is 0.340. The number of rotatable bonds is 14. The van der Waals surface area contributed by atoms with Crippen LogP contribution >= 0.6 is 0 Å². The van der Waals surface area contributed by atoms with E-state index in [2.05, 4.69) is 50.0 Å². The molecule has 1 rings (SSSR count). The van der Waals surface area contributed by atoms with Gasteiger partial charge in [-0.25, -0.2) is 0 Å². The lowest BCUT2D eigenvalue weighted by Gasteiger charge is -2.23. The molecule has 0 bridgehead atoms. The Kier molecular flexibility index (Phi) is 11.8. The predicted octanol–water partition coefficient (Wildman–Crippen LogP) is 7.09. The Morgan fingerprint density at radius 3 is 1.96 bits per heavy atom. The van der Waals surface area contributed by atoms with Gasteiger partial charge in [-0.05, 0) is 37.3 Å². The van der Waals surface area contributed by atoms with E-state index < -0.39 is 0 Å². The molecule has 1 heterocycles. The minimum atomic E-state index is 0.589. The first-order valence-corrected chi connectivity index (χ1v) is 10.5. The zero-order valence-corrected chi connectivity index (χ0v) is 16.7. The lowest BCUT2D eigenvalue weighted by atomic mass is 9.83. The molecule has 0 aliphatic carbocycles. The molecule has 0 saturated carbocycles. The van der Waals surface area contributed by atoms with Crippen LogP contribution in [0.15, 0.2) is 12.1 Å². The zero-order chi connectivity index (χ0) is 17.6. The summed E-state index contributed by atoms with van der Waals surface area (Å²) in [6.45, 7) is 9.23. The molecule has 1 aromatic rings. The van der Waals surface area contributed by atoms with Crippen LogP contribution in [0.2, 0.25) is 0 Å². The number of unbranched alkanes of at least 4 members (excludes halogenated alkanes) is 6. The van der Waals surface area contributed by atoms with Crippen molar-refractivity contribution in [3.05, 3.63) is 23.5 Å². The fourth-order valence-corrected chi connectivity index (χ4v) is 3.51. The normalized spacial score (nSPS) is 13.8. The van der Waals surface area contributed by atoms with Crippen LogP contribution in [0.3, 0.4) is 0 Å². The molecule has 2 unspecified atom stereocenters. The van der Waals surface area contributed by atoms with Crippen molar-refractivity contribution in [1.82, 2.24) is 10.2 Å². The predicted molar refractivity (Wildman–Crippen MR) is 105 cm³/mol. The number of hydrogen-bond acceptors (Lipinski definition) is 2. The summed E-state index contributed by atoms with van der Waals surface area (Å²) in [4.78, 5) is 0. The van der Waals surface area contributed by atoms with E-state index in [0.717, 1.165) is 12.1 Å². The summed E-state index contributed by atoms with van der Waals surface area (Å²) in [6, 6.07) is 4.49. The third kappa shape index (κ3) is 8.26. The van der Waals surface area contributed by atoms with E-state index in [0.29, 0.717) is 11.8 Å². The smallest absolute Gasteiger partial charge is 0.0664 e. The van der Waals surface area contributed by atoms with E-state index in [1.54, 1.807) is 0 Å². The maximum Gasteiger partial charge on any atom is 0.0664 e. The van der Waals surface area contributed by atoms with Crippen LogP contribution in [-0.4, -0.2) is 10.2 Å². The Bertz CT molecular complexity index is 399. The monoisotopic (exact) mass is 332 g/mol. The fraction of sp³-hybridized carbons (Fsp3) is 0.818. The van der Waals surface area contributed by atoms with Crippen LogP contribution in [-0.2, 0) is 6.42 Å². The molecule has 0 N–H and O–H groups in total. The van der Waals surface area contributed by atoms with Crippen molar-refractivity contribution >= 4 is 0 Å². The Labute approximate surface area is 150 Å². The molecule has 1 aromatic heterocycles. The highest BCUT2D eigenvalue weighted by atomic mass is 15.1. The standard InChI is InChI=1S/C22H40N2/c1-5-8-11-14-19(4)21(16-13-10-7-3)22-18-17-20(23-24-22)15-12-9-6-2/h17-19,21H,5-16H2,1-4H3. The van der Waals surface area contributed by atoms with Crippen LogP contribution in [0.25, 0.3) is 0 Å². The number of aromatic nitrogens is 2. The van der Waals surface area contributed by atoms with Crippen LogP contribution in [0.4, 0.5) is 0 Å². The highest BCUT2D eigenvalue weighted by Gasteiger charge is 2.20. The van der Waals surface area contributed by atoms with Crippen LogP contribution in [0, 0.1) is 5.92 Å². The first kappa shape index (κ1) is 21.1. The second-order valence-electron chi connectivity index (χ2n) is 7.48. The van der Waals surface area contributed by atoms with E-state index >= 15 is 0 Å². The van der Waals surface area contributed by atoms with Gasteiger partial charge in [-0.15, -0.1) is 0 Å². The first-order valence-electron chi connectivity index (χ1n) is 10.5. The SMILES string of the molecule is CCCCCc1ccc(C(CCCCC)C(C)CCCCC)nn1. The van der Waals surface area contributed by atoms with E-state index in [1.807, 2.05) is 0 Å². The topological polar surface area (TPSA) is 25.8 Å². The van der Waals surface area contributed by atoms with Gasteiger partial charge in [-0.3, -0.25) is 0 Å². The molecule has 0 aromatic carbocycles. The van der Waals surface area contributed by atoms with Gasteiger partial charge < -0.3 is 0 Å². The minimum Gasteiger partial charge on any atom is -0.155 e. The molecular weight excluding hydrogens is 292 g/mol. The number of nitrogens with zero attached hydrogens (tertiary/aromatic N) is 2. The van der Waals surface area contributed by atoms with Crippen molar-refractivity contribution in [2.24, 2.45) is 5.92 Å². The Hall–Kier alpha value is -0.920. The molecule has 2 nitrogen and oxygen atoms in total. The molecule has 0 amide bonds. The average Bonchev–Trinajstić information content (AvgIpc) is 2.60. The number of hydrogen-bond donors (Lipinski definition) is 0. The van der Waals surface area contributed by atoms with Crippen LogP contribution in [0.5, 0.6) is 0 Å². The van der Waals surface area contributed by atoms with Gasteiger partial charge in [0.15, 0.2) is 0 Å². The van der Waals surface area contributed by atoms with Crippen molar-refractivity contribution in [1.29, 1.82) is 0 Å². The summed E-state index contributed by atoms with van der Waals surface area (Å²) < 4.78 is 0. The van der Waals surface area contributed by atoms with Gasteiger partial charge in [0, 0.05) is 5.92 Å². The highest BCUT2D eigenvalue weighted by molar-refractivity contribution is 5.12. The van der Waals surface area contributed by atoms with Gasteiger partial charge in [0.25, 0.3) is 0 Å². The first-order chi connectivity index (χ1) is 11.7. The Morgan fingerprint density at radius 1 is 0.750 bits per heavy atom. The molecule has 24 heavy (non-hydrogen) atoms. The summed E-state index contributed by atoms with van der Waals surface area (Å²) in [6.07, 6.45) is 15.4. The largest absolute Gasteiger partial charge is 0.155 e.